The minimum Gasteiger partial charge on any atom is -0.456 e. The second kappa shape index (κ2) is 32.9. The smallest absolute Gasteiger partial charge is 0.235 e. The largest absolute Gasteiger partial charge is 0.456 e. The van der Waals surface area contributed by atoms with E-state index in [9.17, 15) is 0 Å². The van der Waals surface area contributed by atoms with E-state index in [2.05, 4.69) is 432 Å². The van der Waals surface area contributed by atoms with E-state index in [0.717, 1.165) is 215 Å². The molecule has 9 aromatic heterocycles. The molecule has 0 aliphatic rings. The monoisotopic (exact) mass is 1860 g/mol. The lowest BCUT2D eigenvalue weighted by atomic mass is 9.93. The van der Waals surface area contributed by atoms with Gasteiger partial charge in [0, 0.05) is 120 Å². The minimum atomic E-state index is 0.643. The van der Waals surface area contributed by atoms with Gasteiger partial charge in [0.25, 0.3) is 0 Å². The summed E-state index contributed by atoms with van der Waals surface area (Å²) in [5.74, 6) is 1.93. The first-order valence-corrected chi connectivity index (χ1v) is 49.3. The summed E-state index contributed by atoms with van der Waals surface area (Å²) in [5.41, 5.74) is 27.2. The number of hydrogen-bond donors (Lipinski definition) is 0. The quantitative estimate of drug-likeness (QED) is 0.139. The molecule has 0 aliphatic heterocycles. The molecule has 12 nitrogen and oxygen atoms in total. The van der Waals surface area contributed by atoms with E-state index >= 15 is 0 Å². The number of para-hydroxylation sites is 7. The van der Waals surface area contributed by atoms with Crippen molar-refractivity contribution in [3.05, 3.63) is 479 Å². The molecule has 0 fully saturated rings. The molecule has 0 saturated carbocycles. The van der Waals surface area contributed by atoms with Gasteiger partial charge in [0.15, 0.2) is 0 Å². The average molecular weight is 1860 g/mol. The van der Waals surface area contributed by atoms with Gasteiger partial charge in [-0.2, -0.15) is 0 Å². The molecule has 0 radical (unpaired) electrons. The fraction of sp³-hybridized carbons (Fsp3) is 0. The average Bonchev–Trinajstić information content (AvgIpc) is 1.55. The first kappa shape index (κ1) is 82.1. The number of nitrogens with zero attached hydrogens (tertiary/aromatic N) is 9. The summed E-state index contributed by atoms with van der Waals surface area (Å²) in [6.45, 7) is 0. The molecule has 0 unspecified atom stereocenters. The van der Waals surface area contributed by atoms with Gasteiger partial charge in [-0.25, -0.2) is 29.9 Å². The number of furan rings is 3. The molecule has 0 spiro atoms. The predicted octanol–water partition coefficient (Wildman–Crippen LogP) is 35.6. The van der Waals surface area contributed by atoms with Crippen LogP contribution < -0.4 is 0 Å². The molecule has 678 valence electrons. The van der Waals surface area contributed by atoms with Gasteiger partial charge in [0.05, 0.1) is 66.7 Å². The van der Waals surface area contributed by atoms with Crippen molar-refractivity contribution in [2.45, 2.75) is 0 Å². The van der Waals surface area contributed by atoms with Gasteiger partial charge in [-0.3, -0.25) is 13.7 Å². The minimum absolute atomic E-state index is 0.643. The molecule has 9 heterocycles. The van der Waals surface area contributed by atoms with Crippen LogP contribution in [0.5, 0.6) is 0 Å². The molecule has 12 heteroatoms. The summed E-state index contributed by atoms with van der Waals surface area (Å²) in [6, 6.07) is 169. The van der Waals surface area contributed by atoms with Crippen LogP contribution in [-0.2, 0) is 0 Å². The summed E-state index contributed by atoms with van der Waals surface area (Å²) >= 11 is 0. The van der Waals surface area contributed by atoms with Gasteiger partial charge in [-0.1, -0.05) is 376 Å². The van der Waals surface area contributed by atoms with Crippen LogP contribution in [-0.4, -0.2) is 43.6 Å². The maximum absolute atomic E-state index is 6.28. The van der Waals surface area contributed by atoms with E-state index in [1.165, 1.54) is 70.0 Å². The van der Waals surface area contributed by atoms with Crippen molar-refractivity contribution in [3.63, 3.8) is 0 Å². The van der Waals surface area contributed by atoms with E-state index in [4.69, 9.17) is 43.2 Å². The highest BCUT2D eigenvalue weighted by Gasteiger charge is 2.30. The molecule has 0 N–H and O–H groups in total. The highest BCUT2D eigenvalue weighted by atomic mass is 16.3. The summed E-state index contributed by atoms with van der Waals surface area (Å²) in [7, 11) is 0. The Hall–Kier alpha value is -19.8. The molecule has 32 aromatic rings. The van der Waals surface area contributed by atoms with E-state index in [0.29, 0.717) is 17.8 Å². The standard InChI is InChI=1S/2C46H27N3O.C42H25N3O/c1-2-13-29(14-3-1)43-36-19-8-10-20-39(36)47-46(48-43)49-44-33-17-7-4-12-28(33)22-24-35(44)38-26-30-15-5-6-16-32(30)42(45(38)49)31-23-25-41-37(27-31)34-18-9-11-21-40(34)50-41;1-2-13-29(14-3-1)44-35-19-8-10-20-38(35)47-46(48-44)49-39-24-22-28-12-4-6-16-32(28)43(39)37-26-30-15-5-7-17-33(30)42(45(37)49)31-23-25-41-36(27-31)34-18-9-11-21-40(34)50-41;1-2-12-26(13-3-1)40-32-18-6-9-19-35(32)43-42(44-40)45-36-20-10-7-16-30(36)34-24-27-14-4-5-15-29(27)39(41(34)45)28-22-23-38-33(25-28)31-17-8-11-21-37(31)46-38/h2*1-27H;1-25H. The molecule has 0 bridgehead atoms. The Labute approximate surface area is 833 Å². The normalized spacial score (nSPS) is 12.0. The van der Waals surface area contributed by atoms with Crippen LogP contribution in [0.25, 0.3) is 303 Å². The zero-order chi connectivity index (χ0) is 95.7. The molecule has 0 amide bonds. The Bertz CT molecular complexity index is 11000. The van der Waals surface area contributed by atoms with Gasteiger partial charge >= 0.3 is 0 Å². The highest BCUT2D eigenvalue weighted by molar-refractivity contribution is 6.30. The van der Waals surface area contributed by atoms with Crippen LogP contribution in [0.1, 0.15) is 0 Å². The van der Waals surface area contributed by atoms with E-state index in [1.807, 2.05) is 60.7 Å². The molecule has 0 aliphatic carbocycles. The molecule has 23 aromatic carbocycles. The molecule has 146 heavy (non-hydrogen) atoms. The molecule has 32 rings (SSSR count). The van der Waals surface area contributed by atoms with Crippen LogP contribution in [0.4, 0.5) is 0 Å². The summed E-state index contributed by atoms with van der Waals surface area (Å²) < 4.78 is 25.7. The van der Waals surface area contributed by atoms with E-state index < -0.39 is 0 Å². The SMILES string of the molecule is c1ccc(-c2nc(-n3c4c(-c5ccc6oc7ccccc7c6c5)c5ccccc5cc4c4ccc5ccccc5c43)nc3ccccc23)cc1.c1ccc(-c2nc(-n3c4ccc5ccccc5c4c4cc5ccccc5c(-c5ccc6oc7ccccc7c6c5)c43)nc3ccccc23)cc1.c1ccc(-c2nc(-n3c4ccccc4c4cc5ccccc5c(-c5ccc6oc7ccccc7c6c5)c43)nc3ccccc23)cc1. The lowest BCUT2D eigenvalue weighted by Gasteiger charge is -2.16. The van der Waals surface area contributed by atoms with Gasteiger partial charge < -0.3 is 13.3 Å². The highest BCUT2D eigenvalue weighted by Crippen LogP contribution is 2.52. The third-order valence-corrected chi connectivity index (χ3v) is 29.5. The fourth-order valence-electron chi connectivity index (χ4n) is 23.1. The topological polar surface area (TPSA) is 132 Å². The van der Waals surface area contributed by atoms with Crippen molar-refractivity contribution in [1.29, 1.82) is 0 Å². The van der Waals surface area contributed by atoms with Crippen molar-refractivity contribution in [3.8, 4) is 85.0 Å². The van der Waals surface area contributed by atoms with Crippen LogP contribution in [0.2, 0.25) is 0 Å². The zero-order valence-electron chi connectivity index (χ0n) is 78.4. The Morgan fingerprint density at radius 1 is 0.151 bits per heavy atom. The maximum atomic E-state index is 6.28. The second-order valence-corrected chi connectivity index (χ2v) is 37.7. The maximum Gasteiger partial charge on any atom is 0.235 e. The van der Waals surface area contributed by atoms with Gasteiger partial charge in [-0.15, -0.1) is 0 Å². The van der Waals surface area contributed by atoms with Crippen molar-refractivity contribution in [1.82, 2.24) is 43.6 Å². The fourth-order valence-corrected chi connectivity index (χ4v) is 23.1. The van der Waals surface area contributed by atoms with Gasteiger partial charge in [0.1, 0.15) is 33.5 Å². The van der Waals surface area contributed by atoms with Crippen molar-refractivity contribution < 1.29 is 13.3 Å². The Kier molecular flexibility index (Phi) is 18.5. The summed E-state index contributed by atoms with van der Waals surface area (Å²) in [4.78, 5) is 32.1. The number of benzene rings is 23. The lowest BCUT2D eigenvalue weighted by Crippen LogP contribution is -2.04. The summed E-state index contributed by atoms with van der Waals surface area (Å²) in [5, 5.41) is 28.5. The molecular formula is C134H79N9O3. The Balaban J connectivity index is 0.000000102. The Morgan fingerprint density at radius 3 is 0.890 bits per heavy atom. The number of rotatable bonds is 9. The second-order valence-electron chi connectivity index (χ2n) is 37.7. The number of hydrogen-bond acceptors (Lipinski definition) is 9. The molecular weight excluding hydrogens is 1780 g/mol. The number of fused-ring (bicyclic) bond motifs is 28. The van der Waals surface area contributed by atoms with Crippen molar-refractivity contribution in [2.75, 3.05) is 0 Å². The zero-order valence-corrected chi connectivity index (χ0v) is 78.4. The summed E-state index contributed by atoms with van der Waals surface area (Å²) in [6.07, 6.45) is 0. The van der Waals surface area contributed by atoms with Crippen molar-refractivity contribution in [2.24, 2.45) is 0 Å². The predicted molar refractivity (Wildman–Crippen MR) is 604 cm³/mol. The first-order chi connectivity index (χ1) is 72.4. The van der Waals surface area contributed by atoms with Crippen LogP contribution in [0, 0.1) is 0 Å². The lowest BCUT2D eigenvalue weighted by molar-refractivity contribution is 0.668. The van der Waals surface area contributed by atoms with E-state index in [-0.39, 0.29) is 0 Å². The van der Waals surface area contributed by atoms with E-state index in [1.54, 1.807) is 0 Å². The van der Waals surface area contributed by atoms with Crippen LogP contribution >= 0.6 is 0 Å². The third-order valence-electron chi connectivity index (χ3n) is 29.5. The molecule has 0 saturated heterocycles. The van der Waals surface area contributed by atoms with Crippen molar-refractivity contribution >= 4 is 218 Å². The Morgan fingerprint density at radius 2 is 0.452 bits per heavy atom. The van der Waals surface area contributed by atoms with Crippen LogP contribution in [0.15, 0.2) is 492 Å². The van der Waals surface area contributed by atoms with Crippen LogP contribution in [0.3, 0.4) is 0 Å². The third kappa shape index (κ3) is 13.0. The van der Waals surface area contributed by atoms with Gasteiger partial charge in [0.2, 0.25) is 17.8 Å². The molecule has 0 atom stereocenters. The van der Waals surface area contributed by atoms with Gasteiger partial charge in [-0.05, 0) is 168 Å². The first-order valence-electron chi connectivity index (χ1n) is 49.3. The number of aromatic nitrogens is 9.